The molecule has 0 aromatic carbocycles. The molecule has 0 radical (unpaired) electrons. The van der Waals surface area contributed by atoms with Crippen molar-refractivity contribution in [2.24, 2.45) is 0 Å². The number of thiazole rings is 1. The van der Waals surface area contributed by atoms with E-state index in [1.54, 1.807) is 0 Å². The number of aromatic nitrogens is 1. The highest BCUT2D eigenvalue weighted by atomic mass is 32.1. The van der Waals surface area contributed by atoms with Gasteiger partial charge in [0.2, 0.25) is 0 Å². The maximum Gasteiger partial charge on any atom is 0.107 e. The van der Waals surface area contributed by atoms with Crippen LogP contribution >= 0.6 is 11.3 Å². The van der Waals surface area contributed by atoms with Gasteiger partial charge >= 0.3 is 0 Å². The molecule has 0 fully saturated rings. The zero-order valence-electron chi connectivity index (χ0n) is 10.5. The molecule has 4 heteroatoms. The summed E-state index contributed by atoms with van der Waals surface area (Å²) in [7, 11) is 0. The second-order valence-corrected chi connectivity index (χ2v) is 5.20. The third-order valence-electron chi connectivity index (χ3n) is 2.53. The topological polar surface area (TPSA) is 37.0 Å². The molecule has 0 saturated carbocycles. The Morgan fingerprint density at radius 3 is 2.88 bits per heavy atom. The van der Waals surface area contributed by atoms with Gasteiger partial charge in [-0.25, -0.2) is 4.98 Å². The fourth-order valence-corrected chi connectivity index (χ4v) is 2.39. The molecule has 1 heterocycles. The Morgan fingerprint density at radius 2 is 2.25 bits per heavy atom. The lowest BCUT2D eigenvalue weighted by molar-refractivity contribution is 0.504. The van der Waals surface area contributed by atoms with Gasteiger partial charge in [-0.2, -0.15) is 0 Å². The molecule has 0 amide bonds. The first-order valence-corrected chi connectivity index (χ1v) is 6.95. The van der Waals surface area contributed by atoms with Crippen LogP contribution < -0.4 is 10.6 Å². The van der Waals surface area contributed by atoms with Crippen LogP contribution in [0.3, 0.4) is 0 Å². The molecule has 0 bridgehead atoms. The van der Waals surface area contributed by atoms with Crippen LogP contribution in [0.5, 0.6) is 0 Å². The molecule has 1 unspecified atom stereocenters. The predicted molar refractivity (Wildman–Crippen MR) is 71.0 cm³/mol. The van der Waals surface area contributed by atoms with Gasteiger partial charge in [0.05, 0.1) is 0 Å². The first-order chi connectivity index (χ1) is 7.76. The lowest BCUT2D eigenvalue weighted by Gasteiger charge is -2.11. The minimum absolute atomic E-state index is 0.597. The van der Waals surface area contributed by atoms with Crippen molar-refractivity contribution in [3.05, 3.63) is 16.1 Å². The van der Waals surface area contributed by atoms with E-state index in [2.05, 4.69) is 36.4 Å². The van der Waals surface area contributed by atoms with Gasteiger partial charge in [0.15, 0.2) is 0 Å². The lowest BCUT2D eigenvalue weighted by Crippen LogP contribution is -2.29. The maximum absolute atomic E-state index is 4.38. The Morgan fingerprint density at radius 1 is 1.44 bits per heavy atom. The highest BCUT2D eigenvalue weighted by molar-refractivity contribution is 7.11. The van der Waals surface area contributed by atoms with Crippen molar-refractivity contribution in [2.75, 3.05) is 13.1 Å². The van der Waals surface area contributed by atoms with E-state index in [1.165, 1.54) is 16.3 Å². The monoisotopic (exact) mass is 241 g/mol. The number of nitrogens with one attached hydrogen (secondary N) is 2. The van der Waals surface area contributed by atoms with Crippen molar-refractivity contribution >= 4 is 11.3 Å². The zero-order valence-corrected chi connectivity index (χ0v) is 11.4. The number of nitrogens with zero attached hydrogens (tertiary/aromatic N) is 1. The minimum Gasteiger partial charge on any atom is -0.314 e. The van der Waals surface area contributed by atoms with Crippen LogP contribution in [-0.4, -0.2) is 24.1 Å². The molecule has 92 valence electrons. The SMILES string of the molecule is CCNC(C)CCNCc1ncc(CC)s1. The van der Waals surface area contributed by atoms with Gasteiger partial charge in [-0.3, -0.25) is 0 Å². The van der Waals surface area contributed by atoms with Crippen LogP contribution in [-0.2, 0) is 13.0 Å². The quantitative estimate of drug-likeness (QED) is 0.685. The standard InChI is InChI=1S/C12H23N3S/c1-4-11-8-15-12(16-11)9-13-7-6-10(3)14-5-2/h8,10,13-14H,4-7,9H2,1-3H3. The fourth-order valence-electron chi connectivity index (χ4n) is 1.56. The van der Waals surface area contributed by atoms with E-state index in [9.17, 15) is 0 Å². The molecule has 1 aromatic rings. The highest BCUT2D eigenvalue weighted by Gasteiger charge is 2.01. The van der Waals surface area contributed by atoms with Gasteiger partial charge in [0, 0.05) is 23.7 Å². The van der Waals surface area contributed by atoms with Gasteiger partial charge in [0.25, 0.3) is 0 Å². The van der Waals surface area contributed by atoms with Gasteiger partial charge in [-0.1, -0.05) is 13.8 Å². The van der Waals surface area contributed by atoms with E-state index < -0.39 is 0 Å². The van der Waals surface area contributed by atoms with Crippen molar-refractivity contribution in [2.45, 2.75) is 46.2 Å². The fraction of sp³-hybridized carbons (Fsp3) is 0.750. The number of hydrogen-bond donors (Lipinski definition) is 2. The van der Waals surface area contributed by atoms with Crippen LogP contribution in [0.1, 0.15) is 37.1 Å². The van der Waals surface area contributed by atoms with Crippen molar-refractivity contribution in [1.29, 1.82) is 0 Å². The molecule has 16 heavy (non-hydrogen) atoms. The second-order valence-electron chi connectivity index (χ2n) is 4.00. The van der Waals surface area contributed by atoms with Crippen molar-refractivity contribution < 1.29 is 0 Å². The van der Waals surface area contributed by atoms with Crippen LogP contribution in [0.15, 0.2) is 6.20 Å². The van der Waals surface area contributed by atoms with Gasteiger partial charge in [-0.15, -0.1) is 11.3 Å². The summed E-state index contributed by atoms with van der Waals surface area (Å²) in [6, 6.07) is 0.597. The molecule has 1 aromatic heterocycles. The molecule has 0 saturated heterocycles. The predicted octanol–water partition coefficient (Wildman–Crippen LogP) is 2.18. The summed E-state index contributed by atoms with van der Waals surface area (Å²) in [5, 5.41) is 8.04. The van der Waals surface area contributed by atoms with E-state index in [4.69, 9.17) is 0 Å². The van der Waals surface area contributed by atoms with E-state index in [-0.39, 0.29) is 0 Å². The summed E-state index contributed by atoms with van der Waals surface area (Å²) in [4.78, 5) is 5.75. The summed E-state index contributed by atoms with van der Waals surface area (Å²) < 4.78 is 0. The molecular formula is C12H23N3S. The molecule has 3 nitrogen and oxygen atoms in total. The number of aryl methyl sites for hydroxylation is 1. The Kier molecular flexibility index (Phi) is 6.61. The maximum atomic E-state index is 4.38. The summed E-state index contributed by atoms with van der Waals surface area (Å²) >= 11 is 1.81. The van der Waals surface area contributed by atoms with Crippen molar-refractivity contribution in [1.82, 2.24) is 15.6 Å². The van der Waals surface area contributed by atoms with E-state index >= 15 is 0 Å². The summed E-state index contributed by atoms with van der Waals surface area (Å²) in [6.07, 6.45) is 4.25. The minimum atomic E-state index is 0.597. The largest absolute Gasteiger partial charge is 0.314 e. The van der Waals surface area contributed by atoms with Crippen LogP contribution in [0.2, 0.25) is 0 Å². The Hall–Kier alpha value is -0.450. The Labute approximate surface area is 103 Å². The Balaban J connectivity index is 2.11. The molecule has 0 aliphatic heterocycles. The summed E-state index contributed by atoms with van der Waals surface area (Å²) in [5.74, 6) is 0. The van der Waals surface area contributed by atoms with Crippen LogP contribution in [0, 0.1) is 0 Å². The van der Waals surface area contributed by atoms with Gasteiger partial charge < -0.3 is 10.6 Å². The third-order valence-corrected chi connectivity index (χ3v) is 3.67. The van der Waals surface area contributed by atoms with E-state index in [0.717, 1.165) is 26.1 Å². The number of rotatable bonds is 8. The summed E-state index contributed by atoms with van der Waals surface area (Å²) in [6.45, 7) is 9.55. The average Bonchev–Trinajstić information content (AvgIpc) is 2.73. The molecular weight excluding hydrogens is 218 g/mol. The molecule has 0 spiro atoms. The van der Waals surface area contributed by atoms with Gasteiger partial charge in [0.1, 0.15) is 5.01 Å². The first kappa shape index (κ1) is 13.6. The lowest BCUT2D eigenvalue weighted by atomic mass is 10.2. The summed E-state index contributed by atoms with van der Waals surface area (Å²) in [5.41, 5.74) is 0. The molecule has 0 aliphatic carbocycles. The van der Waals surface area contributed by atoms with E-state index in [1.807, 2.05) is 17.5 Å². The Bertz CT molecular complexity index is 286. The van der Waals surface area contributed by atoms with Crippen molar-refractivity contribution in [3.8, 4) is 0 Å². The molecule has 0 aliphatic rings. The normalized spacial score (nSPS) is 12.9. The van der Waals surface area contributed by atoms with E-state index in [0.29, 0.717) is 6.04 Å². The zero-order chi connectivity index (χ0) is 11.8. The molecule has 1 atom stereocenters. The average molecular weight is 241 g/mol. The number of hydrogen-bond acceptors (Lipinski definition) is 4. The van der Waals surface area contributed by atoms with Crippen LogP contribution in [0.25, 0.3) is 0 Å². The van der Waals surface area contributed by atoms with Crippen molar-refractivity contribution in [3.63, 3.8) is 0 Å². The molecule has 2 N–H and O–H groups in total. The second kappa shape index (κ2) is 7.76. The smallest absolute Gasteiger partial charge is 0.107 e. The molecule has 1 rings (SSSR count). The van der Waals surface area contributed by atoms with Gasteiger partial charge in [-0.05, 0) is 32.9 Å². The highest BCUT2D eigenvalue weighted by Crippen LogP contribution is 2.12. The third kappa shape index (κ3) is 5.05. The van der Waals surface area contributed by atoms with Crippen LogP contribution in [0.4, 0.5) is 0 Å². The first-order valence-electron chi connectivity index (χ1n) is 6.13.